The number of rotatable bonds is 7. The highest BCUT2D eigenvalue weighted by Gasteiger charge is 2.39. The quantitative estimate of drug-likeness (QED) is 0.499. The van der Waals surface area contributed by atoms with Crippen molar-refractivity contribution in [2.24, 2.45) is 0 Å². The van der Waals surface area contributed by atoms with Crippen LogP contribution in [-0.2, 0) is 4.74 Å². The van der Waals surface area contributed by atoms with Crippen LogP contribution in [0.5, 0.6) is 0 Å². The van der Waals surface area contributed by atoms with Crippen LogP contribution < -0.4 is 10.6 Å². The van der Waals surface area contributed by atoms with E-state index in [4.69, 9.17) is 4.74 Å². The van der Waals surface area contributed by atoms with E-state index < -0.39 is 5.60 Å². The van der Waals surface area contributed by atoms with Gasteiger partial charge in [0.1, 0.15) is 5.60 Å². The Kier molecular flexibility index (Phi) is 9.54. The first kappa shape index (κ1) is 28.3. The zero-order valence-electron chi connectivity index (χ0n) is 23.5. The van der Waals surface area contributed by atoms with Crippen molar-refractivity contribution in [1.82, 2.24) is 20.4 Å². The number of aliphatic hydroxyl groups excluding tert-OH is 1. The molecule has 4 rings (SSSR count). The van der Waals surface area contributed by atoms with Gasteiger partial charge in [0, 0.05) is 56.4 Å². The molecule has 3 aliphatic rings. The van der Waals surface area contributed by atoms with Crippen LogP contribution in [-0.4, -0.2) is 83.1 Å². The molecule has 2 saturated heterocycles. The first-order valence-electron chi connectivity index (χ1n) is 14.6. The lowest BCUT2D eigenvalue weighted by atomic mass is 9.85. The van der Waals surface area contributed by atoms with Crippen molar-refractivity contribution in [3.63, 3.8) is 0 Å². The van der Waals surface area contributed by atoms with Gasteiger partial charge in [-0.3, -0.25) is 4.90 Å². The SMILES string of the molecule is CC(C)(C)OC(=O)N1CCC(C)(N2CCC(N[C@@H](CNC3CCC(O)CC3)c3ccccc3)CC2)CC1. The number of likely N-dealkylation sites (tertiary alicyclic amines) is 2. The summed E-state index contributed by atoms with van der Waals surface area (Å²) in [5.41, 5.74) is 1.04. The van der Waals surface area contributed by atoms with Gasteiger partial charge in [0.25, 0.3) is 0 Å². The molecule has 2 heterocycles. The van der Waals surface area contributed by atoms with Crippen LogP contribution in [0.4, 0.5) is 4.79 Å². The van der Waals surface area contributed by atoms with E-state index in [1.165, 1.54) is 5.56 Å². The number of hydrogen-bond donors (Lipinski definition) is 3. The van der Waals surface area contributed by atoms with Gasteiger partial charge >= 0.3 is 6.09 Å². The van der Waals surface area contributed by atoms with Gasteiger partial charge in [-0.1, -0.05) is 30.3 Å². The molecule has 3 fully saturated rings. The van der Waals surface area contributed by atoms with E-state index in [0.29, 0.717) is 12.1 Å². The van der Waals surface area contributed by atoms with Crippen LogP contribution in [0.3, 0.4) is 0 Å². The van der Waals surface area contributed by atoms with Gasteiger partial charge in [-0.25, -0.2) is 4.79 Å². The van der Waals surface area contributed by atoms with Gasteiger partial charge < -0.3 is 25.4 Å². The predicted octanol–water partition coefficient (Wildman–Crippen LogP) is 4.46. The molecule has 1 aromatic rings. The highest BCUT2D eigenvalue weighted by Crippen LogP contribution is 2.32. The van der Waals surface area contributed by atoms with Crippen molar-refractivity contribution >= 4 is 6.09 Å². The van der Waals surface area contributed by atoms with Gasteiger partial charge in [0.15, 0.2) is 0 Å². The van der Waals surface area contributed by atoms with Crippen molar-refractivity contribution < 1.29 is 14.6 Å². The summed E-state index contributed by atoms with van der Waals surface area (Å²) in [6.45, 7) is 12.8. The van der Waals surface area contributed by atoms with E-state index in [2.05, 4.69) is 52.8 Å². The van der Waals surface area contributed by atoms with E-state index in [9.17, 15) is 9.90 Å². The molecule has 1 amide bonds. The molecule has 0 radical (unpaired) electrons. The molecule has 208 valence electrons. The van der Waals surface area contributed by atoms with E-state index in [0.717, 1.165) is 84.1 Å². The Labute approximate surface area is 224 Å². The molecule has 1 aromatic carbocycles. The number of carbonyl (C=O) groups excluding carboxylic acids is 1. The molecule has 0 aromatic heterocycles. The average Bonchev–Trinajstić information content (AvgIpc) is 2.88. The van der Waals surface area contributed by atoms with E-state index >= 15 is 0 Å². The van der Waals surface area contributed by atoms with Crippen molar-refractivity contribution in [3.8, 4) is 0 Å². The number of amides is 1. The predicted molar refractivity (Wildman–Crippen MR) is 149 cm³/mol. The number of aliphatic hydroxyl groups is 1. The molecule has 7 heteroatoms. The van der Waals surface area contributed by atoms with E-state index in [1.54, 1.807) is 0 Å². The van der Waals surface area contributed by atoms with Crippen LogP contribution in [0.1, 0.15) is 90.7 Å². The van der Waals surface area contributed by atoms with Crippen molar-refractivity contribution in [3.05, 3.63) is 35.9 Å². The van der Waals surface area contributed by atoms with E-state index in [1.807, 2.05) is 25.7 Å². The minimum absolute atomic E-state index is 0.113. The maximum Gasteiger partial charge on any atom is 0.410 e. The first-order chi connectivity index (χ1) is 17.6. The van der Waals surface area contributed by atoms with Crippen molar-refractivity contribution in [1.29, 1.82) is 0 Å². The largest absolute Gasteiger partial charge is 0.444 e. The first-order valence-corrected chi connectivity index (χ1v) is 14.6. The molecule has 1 atom stereocenters. The number of nitrogens with one attached hydrogen (secondary N) is 2. The number of ether oxygens (including phenoxy) is 1. The number of hydrogen-bond acceptors (Lipinski definition) is 6. The molecule has 0 spiro atoms. The zero-order valence-corrected chi connectivity index (χ0v) is 23.5. The van der Waals surface area contributed by atoms with Gasteiger partial charge in [-0.05, 0) is 84.6 Å². The normalized spacial score (nSPS) is 26.6. The lowest BCUT2D eigenvalue weighted by molar-refractivity contribution is -0.00892. The smallest absolute Gasteiger partial charge is 0.410 e. The molecule has 3 N–H and O–H groups in total. The Bertz CT molecular complexity index is 834. The summed E-state index contributed by atoms with van der Waals surface area (Å²) in [6, 6.07) is 12.1. The minimum atomic E-state index is -0.446. The molecular weight excluding hydrogens is 464 g/mol. The number of nitrogens with zero attached hydrogens (tertiary/aromatic N) is 2. The Morgan fingerprint density at radius 2 is 1.62 bits per heavy atom. The number of piperidine rings is 2. The summed E-state index contributed by atoms with van der Waals surface area (Å²) in [5, 5.41) is 17.6. The maximum atomic E-state index is 12.5. The zero-order chi connectivity index (χ0) is 26.5. The van der Waals surface area contributed by atoms with Crippen molar-refractivity contribution in [2.75, 3.05) is 32.7 Å². The average molecular weight is 515 g/mol. The lowest BCUT2D eigenvalue weighted by Crippen LogP contribution is -2.58. The summed E-state index contributed by atoms with van der Waals surface area (Å²) in [7, 11) is 0. The molecule has 7 nitrogen and oxygen atoms in total. The van der Waals surface area contributed by atoms with Crippen LogP contribution in [0.15, 0.2) is 30.3 Å². The van der Waals surface area contributed by atoms with Gasteiger partial charge in [-0.15, -0.1) is 0 Å². The molecule has 2 aliphatic heterocycles. The molecular formula is C30H50N4O3. The van der Waals surface area contributed by atoms with Crippen LogP contribution in [0.2, 0.25) is 0 Å². The second-order valence-electron chi connectivity index (χ2n) is 12.8. The number of benzene rings is 1. The van der Waals surface area contributed by atoms with Crippen LogP contribution >= 0.6 is 0 Å². The van der Waals surface area contributed by atoms with Gasteiger partial charge in [0.2, 0.25) is 0 Å². The molecule has 37 heavy (non-hydrogen) atoms. The summed E-state index contributed by atoms with van der Waals surface area (Å²) in [5.74, 6) is 0. The standard InChI is InChI=1S/C30H50N4O3/c1-29(2,3)37-28(36)33-20-16-30(4,17-21-33)34-18-14-25(15-19-34)32-27(23-8-6-5-7-9-23)22-31-24-10-12-26(35)13-11-24/h5-9,24-27,31-32,35H,10-22H2,1-4H3/t24?,26?,27-/m0/s1. The summed E-state index contributed by atoms with van der Waals surface area (Å²) in [4.78, 5) is 17.0. The third-order valence-electron chi connectivity index (χ3n) is 8.70. The Hall–Kier alpha value is -1.67. The minimum Gasteiger partial charge on any atom is -0.444 e. The Morgan fingerprint density at radius 3 is 2.22 bits per heavy atom. The van der Waals surface area contributed by atoms with Crippen LogP contribution in [0, 0.1) is 0 Å². The second kappa shape index (κ2) is 12.5. The Morgan fingerprint density at radius 1 is 1.00 bits per heavy atom. The third kappa shape index (κ3) is 8.16. The number of carbonyl (C=O) groups is 1. The summed E-state index contributed by atoms with van der Waals surface area (Å²) in [6.07, 6.45) is 7.93. The Balaban J connectivity index is 1.26. The molecule has 0 unspecified atom stereocenters. The molecule has 1 aliphatic carbocycles. The monoisotopic (exact) mass is 514 g/mol. The fourth-order valence-corrected chi connectivity index (χ4v) is 6.21. The fourth-order valence-electron chi connectivity index (χ4n) is 6.21. The maximum absolute atomic E-state index is 12.5. The molecule has 0 bridgehead atoms. The molecule has 1 saturated carbocycles. The van der Waals surface area contributed by atoms with Crippen LogP contribution in [0.25, 0.3) is 0 Å². The third-order valence-corrected chi connectivity index (χ3v) is 8.70. The topological polar surface area (TPSA) is 77.1 Å². The van der Waals surface area contributed by atoms with Gasteiger partial charge in [0.05, 0.1) is 6.10 Å². The fraction of sp³-hybridized carbons (Fsp3) is 0.767. The van der Waals surface area contributed by atoms with Crippen molar-refractivity contribution in [2.45, 2.75) is 114 Å². The summed E-state index contributed by atoms with van der Waals surface area (Å²) >= 11 is 0. The highest BCUT2D eigenvalue weighted by molar-refractivity contribution is 5.68. The summed E-state index contributed by atoms with van der Waals surface area (Å²) < 4.78 is 5.59. The van der Waals surface area contributed by atoms with Gasteiger partial charge in [-0.2, -0.15) is 0 Å². The highest BCUT2D eigenvalue weighted by atomic mass is 16.6. The lowest BCUT2D eigenvalue weighted by Gasteiger charge is -2.49. The second-order valence-corrected chi connectivity index (χ2v) is 12.8. The van der Waals surface area contributed by atoms with E-state index in [-0.39, 0.29) is 23.8 Å².